The summed E-state index contributed by atoms with van der Waals surface area (Å²) < 4.78 is 5.57. The van der Waals surface area contributed by atoms with Crippen molar-refractivity contribution in [2.75, 3.05) is 19.8 Å². The maximum absolute atomic E-state index is 10.3. The lowest BCUT2D eigenvalue weighted by atomic mass is 9.89. The third-order valence-electron chi connectivity index (χ3n) is 4.78. The van der Waals surface area contributed by atoms with E-state index in [0.29, 0.717) is 19.3 Å². The van der Waals surface area contributed by atoms with Gasteiger partial charge in [0.1, 0.15) is 0 Å². The topological polar surface area (TPSA) is 56.5 Å². The zero-order valence-corrected chi connectivity index (χ0v) is 12.2. The highest BCUT2D eigenvalue weighted by Gasteiger charge is 2.37. The second-order valence-electron chi connectivity index (χ2n) is 6.04. The van der Waals surface area contributed by atoms with E-state index >= 15 is 0 Å². The molecule has 0 spiro atoms. The Morgan fingerprint density at radius 2 is 2.19 bits per heavy atom. The zero-order valence-electron chi connectivity index (χ0n) is 12.2. The molecule has 1 N–H and O–H groups in total. The van der Waals surface area contributed by atoms with Gasteiger partial charge in [-0.1, -0.05) is 18.2 Å². The number of rotatable bonds is 3. The van der Waals surface area contributed by atoms with Crippen LogP contribution in [0.5, 0.6) is 0 Å². The van der Waals surface area contributed by atoms with Gasteiger partial charge in [0.15, 0.2) is 0 Å². The normalized spacial score (nSPS) is 30.2. The molecular weight excluding hydrogens is 264 g/mol. The van der Waals surface area contributed by atoms with E-state index in [1.54, 1.807) is 0 Å². The fourth-order valence-corrected chi connectivity index (χ4v) is 3.64. The molecule has 1 aromatic carbocycles. The molecular formula is C17H22N2O2. The van der Waals surface area contributed by atoms with E-state index in [2.05, 4.69) is 11.0 Å². The van der Waals surface area contributed by atoms with Crippen LogP contribution in [-0.2, 0) is 11.3 Å². The molecule has 0 saturated carbocycles. The van der Waals surface area contributed by atoms with Crippen LogP contribution in [0.2, 0.25) is 0 Å². The molecule has 0 aliphatic carbocycles. The number of aliphatic hydroxyl groups excluding tert-OH is 1. The Balaban J connectivity index is 1.74. The highest BCUT2D eigenvalue weighted by Crippen LogP contribution is 2.31. The number of likely N-dealkylation sites (tertiary alicyclic amines) is 1. The number of ether oxygens (including phenoxy) is 1. The van der Waals surface area contributed by atoms with Crippen LogP contribution in [0.4, 0.5) is 0 Å². The summed E-state index contributed by atoms with van der Waals surface area (Å²) in [6.07, 6.45) is 2.75. The van der Waals surface area contributed by atoms with Crippen LogP contribution in [0.1, 0.15) is 30.4 Å². The molecule has 0 aromatic heterocycles. The Morgan fingerprint density at radius 1 is 1.33 bits per heavy atom. The van der Waals surface area contributed by atoms with Gasteiger partial charge in [-0.25, -0.2) is 0 Å². The summed E-state index contributed by atoms with van der Waals surface area (Å²) in [4.78, 5) is 2.42. The van der Waals surface area contributed by atoms with E-state index in [1.807, 2.05) is 24.3 Å². The molecule has 21 heavy (non-hydrogen) atoms. The van der Waals surface area contributed by atoms with Crippen LogP contribution in [-0.4, -0.2) is 41.9 Å². The second-order valence-corrected chi connectivity index (χ2v) is 6.04. The molecule has 0 bridgehead atoms. The largest absolute Gasteiger partial charge is 0.393 e. The van der Waals surface area contributed by atoms with E-state index in [-0.39, 0.29) is 12.0 Å². The van der Waals surface area contributed by atoms with Crippen LogP contribution < -0.4 is 0 Å². The Bertz CT molecular complexity index is 526. The van der Waals surface area contributed by atoms with E-state index in [4.69, 9.17) is 4.74 Å². The fourth-order valence-electron chi connectivity index (χ4n) is 3.64. The third-order valence-corrected chi connectivity index (χ3v) is 4.78. The average molecular weight is 286 g/mol. The maximum atomic E-state index is 10.3. The van der Waals surface area contributed by atoms with Gasteiger partial charge in [-0.2, -0.15) is 5.26 Å². The summed E-state index contributed by atoms with van der Waals surface area (Å²) in [6, 6.07) is 10.4. The van der Waals surface area contributed by atoms with Crippen molar-refractivity contribution < 1.29 is 9.84 Å². The van der Waals surface area contributed by atoms with Gasteiger partial charge >= 0.3 is 0 Å². The predicted molar refractivity (Wildman–Crippen MR) is 79.5 cm³/mol. The van der Waals surface area contributed by atoms with Gasteiger partial charge in [0.2, 0.25) is 0 Å². The SMILES string of the molecule is N#Cc1ccccc1CN1CCC[C@@H]1[C@H]1COCC[C@H]1O. The monoisotopic (exact) mass is 286 g/mol. The van der Waals surface area contributed by atoms with E-state index < -0.39 is 0 Å². The van der Waals surface area contributed by atoms with Crippen molar-refractivity contribution in [2.24, 2.45) is 5.92 Å². The highest BCUT2D eigenvalue weighted by molar-refractivity contribution is 5.37. The van der Waals surface area contributed by atoms with E-state index in [0.717, 1.165) is 43.5 Å². The van der Waals surface area contributed by atoms with Crippen LogP contribution >= 0.6 is 0 Å². The van der Waals surface area contributed by atoms with Crippen molar-refractivity contribution in [2.45, 2.75) is 38.0 Å². The quantitative estimate of drug-likeness (QED) is 0.922. The van der Waals surface area contributed by atoms with Crippen molar-refractivity contribution in [1.82, 2.24) is 4.90 Å². The van der Waals surface area contributed by atoms with Gasteiger partial charge in [0.25, 0.3) is 0 Å². The first-order chi connectivity index (χ1) is 10.3. The molecule has 2 aliphatic heterocycles. The van der Waals surface area contributed by atoms with Crippen molar-refractivity contribution in [3.63, 3.8) is 0 Å². The number of aliphatic hydroxyl groups is 1. The van der Waals surface area contributed by atoms with Crippen LogP contribution in [0.15, 0.2) is 24.3 Å². The predicted octanol–water partition coefficient (Wildman–Crippen LogP) is 1.92. The molecule has 1 aromatic rings. The Kier molecular flexibility index (Phi) is 4.54. The van der Waals surface area contributed by atoms with Crippen molar-refractivity contribution >= 4 is 0 Å². The fraction of sp³-hybridized carbons (Fsp3) is 0.588. The molecule has 2 aliphatic rings. The maximum Gasteiger partial charge on any atom is 0.0995 e. The molecule has 2 fully saturated rings. The minimum absolute atomic E-state index is 0.204. The summed E-state index contributed by atoms with van der Waals surface area (Å²) in [5, 5.41) is 19.5. The van der Waals surface area contributed by atoms with Gasteiger partial charge in [-0.3, -0.25) is 4.90 Å². The van der Waals surface area contributed by atoms with Gasteiger partial charge in [0.05, 0.1) is 24.3 Å². The molecule has 112 valence electrons. The first kappa shape index (κ1) is 14.5. The summed E-state index contributed by atoms with van der Waals surface area (Å²) in [7, 11) is 0. The summed E-state index contributed by atoms with van der Waals surface area (Å²) in [5.74, 6) is 0.204. The second kappa shape index (κ2) is 6.57. The molecule has 0 amide bonds. The molecule has 4 nitrogen and oxygen atoms in total. The third kappa shape index (κ3) is 3.11. The van der Waals surface area contributed by atoms with Gasteiger partial charge in [-0.05, 0) is 37.4 Å². The Labute approximate surface area is 125 Å². The first-order valence-electron chi connectivity index (χ1n) is 7.77. The zero-order chi connectivity index (χ0) is 14.7. The van der Waals surface area contributed by atoms with Crippen molar-refractivity contribution in [3.8, 4) is 6.07 Å². The minimum Gasteiger partial charge on any atom is -0.393 e. The molecule has 4 heteroatoms. The summed E-state index contributed by atoms with van der Waals surface area (Å²) >= 11 is 0. The van der Waals surface area contributed by atoms with Crippen molar-refractivity contribution in [1.29, 1.82) is 5.26 Å². The lowest BCUT2D eigenvalue weighted by Crippen LogP contribution is -2.45. The molecule has 3 atom stereocenters. The smallest absolute Gasteiger partial charge is 0.0995 e. The molecule has 2 saturated heterocycles. The lowest BCUT2D eigenvalue weighted by molar-refractivity contribution is -0.0636. The van der Waals surface area contributed by atoms with Gasteiger partial charge < -0.3 is 9.84 Å². The molecule has 0 unspecified atom stereocenters. The Hall–Kier alpha value is -1.41. The number of hydrogen-bond acceptors (Lipinski definition) is 4. The van der Waals surface area contributed by atoms with Gasteiger partial charge in [-0.15, -0.1) is 0 Å². The molecule has 0 radical (unpaired) electrons. The standard InChI is InChI=1S/C17H22N2O2/c18-10-13-4-1-2-5-14(13)11-19-8-3-6-16(19)15-12-21-9-7-17(15)20/h1-2,4-5,15-17,20H,3,6-9,11-12H2/t15-,16-,17-/m1/s1. The van der Waals surface area contributed by atoms with Crippen molar-refractivity contribution in [3.05, 3.63) is 35.4 Å². The van der Waals surface area contributed by atoms with E-state index in [9.17, 15) is 10.4 Å². The first-order valence-corrected chi connectivity index (χ1v) is 7.77. The number of nitrogens with zero attached hydrogens (tertiary/aromatic N) is 2. The molecule has 3 rings (SSSR count). The summed E-state index contributed by atoms with van der Waals surface area (Å²) in [6.45, 7) is 3.15. The van der Waals surface area contributed by atoms with Crippen LogP contribution in [0, 0.1) is 17.2 Å². The minimum atomic E-state index is -0.254. The van der Waals surface area contributed by atoms with Gasteiger partial charge in [0, 0.05) is 25.1 Å². The highest BCUT2D eigenvalue weighted by atomic mass is 16.5. The summed E-state index contributed by atoms with van der Waals surface area (Å²) in [5.41, 5.74) is 1.83. The molecule has 2 heterocycles. The van der Waals surface area contributed by atoms with Crippen LogP contribution in [0.3, 0.4) is 0 Å². The Morgan fingerprint density at radius 3 is 3.00 bits per heavy atom. The van der Waals surface area contributed by atoms with Crippen LogP contribution in [0.25, 0.3) is 0 Å². The lowest BCUT2D eigenvalue weighted by Gasteiger charge is -2.37. The number of hydrogen-bond donors (Lipinski definition) is 1. The average Bonchev–Trinajstić information content (AvgIpc) is 2.96. The number of nitriles is 1. The van der Waals surface area contributed by atoms with E-state index in [1.165, 1.54) is 0 Å². The number of benzene rings is 1.